The second kappa shape index (κ2) is 9.15. The molecule has 8 heteroatoms. The quantitative estimate of drug-likeness (QED) is 0.587. The second-order valence-electron chi connectivity index (χ2n) is 6.63. The van der Waals surface area contributed by atoms with E-state index < -0.39 is 15.9 Å². The number of ether oxygens (including phenoxy) is 1. The fraction of sp³-hybridized carbons (Fsp3) is 0.227. The van der Waals surface area contributed by atoms with E-state index in [1.807, 2.05) is 36.4 Å². The standard InChI is InChI=1S/C22H25N3O4S/c1-4-25(5-2)30(27,28)18-15-20(24(3)16-18)22(26)23-19-13-9-10-14-21(19)29-17-11-7-6-8-12-17/h6-16H,4-5H2,1-3H3,(H,23,26). The number of carbonyl (C=O) groups is 1. The molecule has 0 aliphatic carbocycles. The minimum absolute atomic E-state index is 0.0904. The molecule has 1 N–H and O–H groups in total. The predicted octanol–water partition coefficient (Wildman–Crippen LogP) is 4.10. The van der Waals surface area contributed by atoms with Crippen LogP contribution in [0.5, 0.6) is 11.5 Å². The molecule has 0 spiro atoms. The largest absolute Gasteiger partial charge is 0.455 e. The maximum Gasteiger partial charge on any atom is 0.272 e. The summed E-state index contributed by atoms with van der Waals surface area (Å²) in [6.45, 7) is 4.28. The number of carbonyl (C=O) groups excluding carboxylic acids is 1. The van der Waals surface area contributed by atoms with Crippen LogP contribution in [0.2, 0.25) is 0 Å². The number of aromatic nitrogens is 1. The molecule has 0 saturated carbocycles. The molecule has 3 rings (SSSR count). The van der Waals surface area contributed by atoms with Crippen LogP contribution in [0.25, 0.3) is 0 Å². The third-order valence-corrected chi connectivity index (χ3v) is 6.68. The molecular weight excluding hydrogens is 402 g/mol. The number of para-hydroxylation sites is 3. The Morgan fingerprint density at radius 1 is 1.03 bits per heavy atom. The van der Waals surface area contributed by atoms with Gasteiger partial charge in [0.15, 0.2) is 5.75 Å². The molecule has 1 heterocycles. The highest BCUT2D eigenvalue weighted by molar-refractivity contribution is 7.89. The SMILES string of the molecule is CCN(CC)S(=O)(=O)c1cc(C(=O)Nc2ccccc2Oc2ccccc2)n(C)c1. The van der Waals surface area contributed by atoms with Crippen molar-refractivity contribution in [3.8, 4) is 11.5 Å². The van der Waals surface area contributed by atoms with Crippen LogP contribution >= 0.6 is 0 Å². The normalized spacial score (nSPS) is 11.5. The molecule has 1 amide bonds. The van der Waals surface area contributed by atoms with E-state index in [1.165, 1.54) is 21.1 Å². The van der Waals surface area contributed by atoms with Crippen molar-refractivity contribution in [1.82, 2.24) is 8.87 Å². The van der Waals surface area contributed by atoms with E-state index in [-0.39, 0.29) is 10.6 Å². The summed E-state index contributed by atoms with van der Waals surface area (Å²) < 4.78 is 34.3. The summed E-state index contributed by atoms with van der Waals surface area (Å²) in [6.07, 6.45) is 1.45. The Hall–Kier alpha value is -3.10. The van der Waals surface area contributed by atoms with Gasteiger partial charge in [-0.3, -0.25) is 4.79 Å². The van der Waals surface area contributed by atoms with Crippen LogP contribution < -0.4 is 10.1 Å². The van der Waals surface area contributed by atoms with Crippen LogP contribution in [0.3, 0.4) is 0 Å². The Labute approximate surface area is 176 Å². The number of rotatable bonds is 8. The van der Waals surface area contributed by atoms with E-state index in [1.54, 1.807) is 39.1 Å². The molecule has 2 aromatic carbocycles. The van der Waals surface area contributed by atoms with Gasteiger partial charge in [-0.15, -0.1) is 0 Å². The molecule has 30 heavy (non-hydrogen) atoms. The zero-order valence-electron chi connectivity index (χ0n) is 17.2. The van der Waals surface area contributed by atoms with Crippen LogP contribution in [0, 0.1) is 0 Å². The van der Waals surface area contributed by atoms with Gasteiger partial charge in [-0.25, -0.2) is 8.42 Å². The Morgan fingerprint density at radius 3 is 2.33 bits per heavy atom. The zero-order valence-corrected chi connectivity index (χ0v) is 18.0. The van der Waals surface area contributed by atoms with Crippen LogP contribution in [-0.4, -0.2) is 36.3 Å². The van der Waals surface area contributed by atoms with E-state index in [4.69, 9.17) is 4.74 Å². The number of aryl methyl sites for hydroxylation is 1. The van der Waals surface area contributed by atoms with Crippen molar-refractivity contribution in [2.24, 2.45) is 7.05 Å². The molecule has 158 valence electrons. The number of amides is 1. The average Bonchev–Trinajstić information content (AvgIpc) is 3.14. The van der Waals surface area contributed by atoms with Crippen molar-refractivity contribution in [2.45, 2.75) is 18.7 Å². The van der Waals surface area contributed by atoms with Gasteiger partial charge >= 0.3 is 0 Å². The number of hydrogen-bond acceptors (Lipinski definition) is 4. The highest BCUT2D eigenvalue weighted by Gasteiger charge is 2.25. The van der Waals surface area contributed by atoms with Crippen molar-refractivity contribution in [3.63, 3.8) is 0 Å². The van der Waals surface area contributed by atoms with E-state index in [0.717, 1.165) is 0 Å². The summed E-state index contributed by atoms with van der Waals surface area (Å²) in [5, 5.41) is 2.82. The van der Waals surface area contributed by atoms with Crippen LogP contribution in [0.1, 0.15) is 24.3 Å². The lowest BCUT2D eigenvalue weighted by Crippen LogP contribution is -2.30. The van der Waals surface area contributed by atoms with Crippen LogP contribution in [0.15, 0.2) is 71.8 Å². The number of sulfonamides is 1. The molecule has 0 unspecified atom stereocenters. The number of nitrogens with zero attached hydrogens (tertiary/aromatic N) is 2. The number of anilines is 1. The molecule has 0 saturated heterocycles. The van der Waals surface area contributed by atoms with Gasteiger partial charge in [0.2, 0.25) is 10.0 Å². The molecular formula is C22H25N3O4S. The maximum absolute atomic E-state index is 12.9. The second-order valence-corrected chi connectivity index (χ2v) is 8.56. The Bertz CT molecular complexity index is 1120. The number of hydrogen-bond donors (Lipinski definition) is 1. The van der Waals surface area contributed by atoms with E-state index in [0.29, 0.717) is 30.3 Å². The van der Waals surface area contributed by atoms with E-state index in [9.17, 15) is 13.2 Å². The van der Waals surface area contributed by atoms with Crippen molar-refractivity contribution < 1.29 is 17.9 Å². The summed E-state index contributed by atoms with van der Waals surface area (Å²) in [5.41, 5.74) is 0.718. The lowest BCUT2D eigenvalue weighted by molar-refractivity contribution is 0.101. The molecule has 1 aromatic heterocycles. The third kappa shape index (κ3) is 4.55. The average molecular weight is 428 g/mol. The first kappa shape index (κ1) is 21.6. The van der Waals surface area contributed by atoms with Gasteiger partial charge in [-0.05, 0) is 30.3 Å². The van der Waals surface area contributed by atoms with Gasteiger partial charge in [-0.2, -0.15) is 4.31 Å². The summed E-state index contributed by atoms with van der Waals surface area (Å²) >= 11 is 0. The van der Waals surface area contributed by atoms with Crippen LogP contribution in [0.4, 0.5) is 5.69 Å². The molecule has 0 aliphatic rings. The zero-order chi connectivity index (χ0) is 21.7. The van der Waals surface area contributed by atoms with Crippen molar-refractivity contribution in [2.75, 3.05) is 18.4 Å². The Kier molecular flexibility index (Phi) is 6.59. The maximum atomic E-state index is 12.9. The van der Waals surface area contributed by atoms with Gasteiger partial charge < -0.3 is 14.6 Å². The summed E-state index contributed by atoms with van der Waals surface area (Å²) in [5.74, 6) is 0.704. The van der Waals surface area contributed by atoms with Gasteiger partial charge in [0.05, 0.1) is 5.69 Å². The fourth-order valence-corrected chi connectivity index (χ4v) is 4.60. The number of nitrogens with one attached hydrogen (secondary N) is 1. The highest BCUT2D eigenvalue weighted by Crippen LogP contribution is 2.29. The van der Waals surface area contributed by atoms with E-state index in [2.05, 4.69) is 5.32 Å². The molecule has 7 nitrogen and oxygen atoms in total. The molecule has 0 bridgehead atoms. The van der Waals surface area contributed by atoms with Gasteiger partial charge in [0.1, 0.15) is 16.3 Å². The first-order chi connectivity index (χ1) is 14.4. The van der Waals surface area contributed by atoms with Crippen LogP contribution in [-0.2, 0) is 17.1 Å². The minimum atomic E-state index is -3.65. The Morgan fingerprint density at radius 2 is 1.67 bits per heavy atom. The van der Waals surface area contributed by atoms with Gasteiger partial charge in [0, 0.05) is 26.3 Å². The lowest BCUT2D eigenvalue weighted by Gasteiger charge is -2.17. The first-order valence-corrected chi connectivity index (χ1v) is 11.1. The number of benzene rings is 2. The monoisotopic (exact) mass is 427 g/mol. The van der Waals surface area contributed by atoms with E-state index >= 15 is 0 Å². The smallest absolute Gasteiger partial charge is 0.272 e. The molecule has 0 aliphatic heterocycles. The van der Waals surface area contributed by atoms with Crippen molar-refractivity contribution in [1.29, 1.82) is 0 Å². The molecule has 3 aromatic rings. The minimum Gasteiger partial charge on any atom is -0.455 e. The summed E-state index contributed by atoms with van der Waals surface area (Å²) in [7, 11) is -2.01. The molecule has 0 fully saturated rings. The first-order valence-electron chi connectivity index (χ1n) is 9.66. The van der Waals surface area contributed by atoms with Crippen molar-refractivity contribution in [3.05, 3.63) is 72.6 Å². The highest BCUT2D eigenvalue weighted by atomic mass is 32.2. The Balaban J connectivity index is 1.85. The van der Waals surface area contributed by atoms with Crippen molar-refractivity contribution >= 4 is 21.6 Å². The summed E-state index contributed by atoms with van der Waals surface area (Å²) in [6, 6.07) is 17.7. The van der Waals surface area contributed by atoms with Gasteiger partial charge in [-0.1, -0.05) is 44.2 Å². The summed E-state index contributed by atoms with van der Waals surface area (Å²) in [4.78, 5) is 13.0. The fourth-order valence-electron chi connectivity index (χ4n) is 3.07. The predicted molar refractivity (Wildman–Crippen MR) is 116 cm³/mol. The third-order valence-electron chi connectivity index (χ3n) is 4.66. The topological polar surface area (TPSA) is 80.6 Å². The lowest BCUT2D eigenvalue weighted by atomic mass is 10.2. The molecule has 0 radical (unpaired) electrons. The molecule has 0 atom stereocenters. The van der Waals surface area contributed by atoms with Gasteiger partial charge in [0.25, 0.3) is 5.91 Å².